The molecule has 0 heterocycles. The van der Waals surface area contributed by atoms with E-state index in [1.807, 2.05) is 12.1 Å². The van der Waals surface area contributed by atoms with E-state index in [2.05, 4.69) is 69.5 Å². The standard InChI is InChI=1S/C19H28OSi2/c1-16(17-10-9-11-18(20)14-17)15-22(5,21(2,3)4)19-12-7-6-8-13-19/h6-14,16,20H,15H2,1-5H3. The maximum atomic E-state index is 9.76. The van der Waals surface area contributed by atoms with Crippen molar-refractivity contribution in [1.82, 2.24) is 0 Å². The highest BCUT2D eigenvalue weighted by molar-refractivity contribution is 7.45. The van der Waals surface area contributed by atoms with Crippen LogP contribution in [0.15, 0.2) is 54.6 Å². The molecule has 0 spiro atoms. The first kappa shape index (κ1) is 17.0. The van der Waals surface area contributed by atoms with E-state index in [-0.39, 0.29) is 0 Å². The van der Waals surface area contributed by atoms with Gasteiger partial charge in [0.1, 0.15) is 5.75 Å². The predicted octanol–water partition coefficient (Wildman–Crippen LogP) is 4.90. The Morgan fingerprint density at radius 3 is 2.09 bits per heavy atom. The van der Waals surface area contributed by atoms with Gasteiger partial charge in [-0.15, -0.1) is 0 Å². The Morgan fingerprint density at radius 1 is 0.909 bits per heavy atom. The van der Waals surface area contributed by atoms with E-state index in [0.29, 0.717) is 11.7 Å². The Hall–Kier alpha value is -1.33. The second-order valence-corrected chi connectivity index (χ2v) is 23.6. The molecule has 1 N–H and O–H groups in total. The van der Waals surface area contributed by atoms with Gasteiger partial charge in [-0.1, -0.05) is 80.8 Å². The zero-order valence-corrected chi connectivity index (χ0v) is 16.4. The zero-order chi connectivity index (χ0) is 16.4. The minimum absolute atomic E-state index is 0.375. The Kier molecular flexibility index (Phi) is 4.98. The van der Waals surface area contributed by atoms with Gasteiger partial charge in [0.25, 0.3) is 0 Å². The van der Waals surface area contributed by atoms with Crippen molar-refractivity contribution in [3.63, 3.8) is 0 Å². The second kappa shape index (κ2) is 6.43. The molecule has 0 aliphatic rings. The van der Waals surface area contributed by atoms with E-state index in [1.54, 1.807) is 11.3 Å². The maximum Gasteiger partial charge on any atom is 0.115 e. The van der Waals surface area contributed by atoms with Crippen molar-refractivity contribution < 1.29 is 5.11 Å². The molecular weight excluding hydrogens is 300 g/mol. The van der Waals surface area contributed by atoms with E-state index in [0.717, 1.165) is 0 Å². The molecule has 0 aliphatic carbocycles. The molecule has 2 atom stereocenters. The monoisotopic (exact) mass is 328 g/mol. The fourth-order valence-electron chi connectivity index (χ4n) is 3.22. The first-order valence-corrected chi connectivity index (χ1v) is 15.3. The molecular formula is C19H28OSi2. The molecule has 2 rings (SSSR count). The molecule has 0 fully saturated rings. The van der Waals surface area contributed by atoms with Crippen LogP contribution in [0, 0.1) is 0 Å². The first-order valence-electron chi connectivity index (χ1n) is 8.08. The van der Waals surface area contributed by atoms with Gasteiger partial charge in [0.2, 0.25) is 0 Å². The summed E-state index contributed by atoms with van der Waals surface area (Å²) in [6.07, 6.45) is 0. The smallest absolute Gasteiger partial charge is 0.115 e. The van der Waals surface area contributed by atoms with E-state index >= 15 is 0 Å². The van der Waals surface area contributed by atoms with Crippen LogP contribution in [0.5, 0.6) is 5.75 Å². The molecule has 0 saturated heterocycles. The third kappa shape index (κ3) is 3.53. The Bertz CT molecular complexity index is 619. The first-order chi connectivity index (χ1) is 10.2. The number of hydrogen-bond donors (Lipinski definition) is 1. The van der Waals surface area contributed by atoms with Gasteiger partial charge < -0.3 is 5.11 Å². The molecule has 0 bridgehead atoms. The minimum atomic E-state index is -1.53. The van der Waals surface area contributed by atoms with Gasteiger partial charge in [-0.25, -0.2) is 0 Å². The van der Waals surface area contributed by atoms with Gasteiger partial charge in [-0.3, -0.25) is 0 Å². The van der Waals surface area contributed by atoms with Crippen molar-refractivity contribution in [3.8, 4) is 5.75 Å². The van der Waals surface area contributed by atoms with Crippen molar-refractivity contribution in [2.45, 2.75) is 45.1 Å². The molecule has 22 heavy (non-hydrogen) atoms. The molecule has 3 heteroatoms. The van der Waals surface area contributed by atoms with Crippen LogP contribution >= 0.6 is 0 Å². The van der Waals surface area contributed by atoms with Gasteiger partial charge in [-0.2, -0.15) is 0 Å². The van der Waals surface area contributed by atoms with Gasteiger partial charge in [0.05, 0.1) is 7.59 Å². The topological polar surface area (TPSA) is 20.2 Å². The average Bonchev–Trinajstić information content (AvgIpc) is 2.47. The SMILES string of the molecule is CC(C[Si](C)(c1ccccc1)[Si](C)(C)C)c1cccc(O)c1. The second-order valence-electron chi connectivity index (χ2n) is 7.65. The lowest BCUT2D eigenvalue weighted by Gasteiger charge is -2.41. The van der Waals surface area contributed by atoms with Gasteiger partial charge in [0, 0.05) is 7.59 Å². The molecule has 0 saturated carbocycles. The number of rotatable bonds is 5. The van der Waals surface area contributed by atoms with Crippen LogP contribution in [0.25, 0.3) is 0 Å². The largest absolute Gasteiger partial charge is 0.508 e. The van der Waals surface area contributed by atoms with Crippen LogP contribution in [0.3, 0.4) is 0 Å². The maximum absolute atomic E-state index is 9.76. The van der Waals surface area contributed by atoms with Crippen molar-refractivity contribution >= 4 is 20.4 Å². The summed E-state index contributed by atoms with van der Waals surface area (Å²) in [6, 6.07) is 20.2. The van der Waals surface area contributed by atoms with Crippen molar-refractivity contribution in [3.05, 3.63) is 60.2 Å². The van der Waals surface area contributed by atoms with E-state index in [1.165, 1.54) is 11.6 Å². The number of phenolic OH excluding ortho intramolecular Hbond substituents is 1. The molecule has 0 aromatic heterocycles. The summed E-state index contributed by atoms with van der Waals surface area (Å²) in [6.45, 7) is 12.4. The summed E-state index contributed by atoms with van der Waals surface area (Å²) >= 11 is 0. The number of aromatic hydroxyl groups is 1. The third-order valence-electron chi connectivity index (χ3n) is 5.22. The van der Waals surface area contributed by atoms with Gasteiger partial charge in [0.15, 0.2) is 0 Å². The van der Waals surface area contributed by atoms with Crippen LogP contribution < -0.4 is 5.19 Å². The summed E-state index contributed by atoms with van der Waals surface area (Å²) in [5.41, 5.74) is 1.26. The van der Waals surface area contributed by atoms with Crippen molar-refractivity contribution in [2.75, 3.05) is 0 Å². The van der Waals surface area contributed by atoms with E-state index in [4.69, 9.17) is 0 Å². The Morgan fingerprint density at radius 2 is 1.55 bits per heavy atom. The molecule has 0 radical (unpaired) electrons. The molecule has 2 aromatic carbocycles. The van der Waals surface area contributed by atoms with Crippen LogP contribution in [0.2, 0.25) is 32.2 Å². The molecule has 1 nitrogen and oxygen atoms in total. The summed E-state index contributed by atoms with van der Waals surface area (Å²) in [5, 5.41) is 11.3. The summed E-state index contributed by atoms with van der Waals surface area (Å²) in [5.74, 6) is 0.858. The predicted molar refractivity (Wildman–Crippen MR) is 102 cm³/mol. The highest BCUT2D eigenvalue weighted by Crippen LogP contribution is 2.33. The number of benzene rings is 2. The molecule has 0 aliphatic heterocycles. The lowest BCUT2D eigenvalue weighted by atomic mass is 10.0. The fourth-order valence-corrected chi connectivity index (χ4v) is 13.2. The van der Waals surface area contributed by atoms with Crippen LogP contribution in [0.1, 0.15) is 18.4 Å². The Labute approximate surface area is 136 Å². The van der Waals surface area contributed by atoms with E-state index in [9.17, 15) is 5.11 Å². The average molecular weight is 329 g/mol. The third-order valence-corrected chi connectivity index (χ3v) is 23.0. The number of phenols is 1. The summed E-state index contributed by atoms with van der Waals surface area (Å²) in [4.78, 5) is 0. The van der Waals surface area contributed by atoms with E-state index < -0.39 is 15.2 Å². The highest BCUT2D eigenvalue weighted by atomic mass is 29.3. The molecule has 2 aromatic rings. The normalized spacial score (nSPS) is 16.0. The zero-order valence-electron chi connectivity index (χ0n) is 14.4. The molecule has 0 amide bonds. The van der Waals surface area contributed by atoms with Crippen molar-refractivity contribution in [1.29, 1.82) is 0 Å². The minimum Gasteiger partial charge on any atom is -0.508 e. The van der Waals surface area contributed by atoms with Gasteiger partial charge >= 0.3 is 0 Å². The van der Waals surface area contributed by atoms with Gasteiger partial charge in [-0.05, 0) is 29.7 Å². The molecule has 118 valence electrons. The quantitative estimate of drug-likeness (QED) is 0.774. The van der Waals surface area contributed by atoms with Crippen LogP contribution in [-0.4, -0.2) is 20.3 Å². The fraction of sp³-hybridized carbons (Fsp3) is 0.368. The van der Waals surface area contributed by atoms with Crippen LogP contribution in [-0.2, 0) is 0 Å². The van der Waals surface area contributed by atoms with Crippen LogP contribution in [0.4, 0.5) is 0 Å². The highest BCUT2D eigenvalue weighted by Gasteiger charge is 2.43. The number of hydrogen-bond acceptors (Lipinski definition) is 1. The van der Waals surface area contributed by atoms with Crippen molar-refractivity contribution in [2.24, 2.45) is 0 Å². The molecule has 2 unspecified atom stereocenters. The lowest BCUT2D eigenvalue weighted by molar-refractivity contribution is 0.474. The Balaban J connectivity index is 2.36. The summed E-state index contributed by atoms with van der Waals surface area (Å²) in [7, 11) is -2.82. The lowest BCUT2D eigenvalue weighted by Crippen LogP contribution is -2.63. The summed E-state index contributed by atoms with van der Waals surface area (Å²) < 4.78 is 0.